The number of ether oxygens (including phenoxy) is 1. The van der Waals surface area contributed by atoms with Crippen LogP contribution in [0.1, 0.15) is 88.4 Å². The van der Waals surface area contributed by atoms with Gasteiger partial charge in [0.05, 0.1) is 13.7 Å². The first-order chi connectivity index (χ1) is 16.8. The maximum Gasteiger partial charge on any atom is 0.182 e. The zero-order valence-corrected chi connectivity index (χ0v) is 25.3. The normalized spacial score (nSPS) is 17.2. The quantitative estimate of drug-likeness (QED) is 0.337. The van der Waals surface area contributed by atoms with Crippen molar-refractivity contribution >= 4 is 34.7 Å². The summed E-state index contributed by atoms with van der Waals surface area (Å²) in [5.74, 6) is 1.60. The summed E-state index contributed by atoms with van der Waals surface area (Å²) in [6, 6.07) is 11.5. The van der Waals surface area contributed by atoms with Crippen molar-refractivity contribution in [2.75, 3.05) is 20.2 Å². The molecule has 1 atom stereocenters. The number of halogens is 1. The number of hydrogen-bond acceptors (Lipinski definition) is 4. The molecule has 2 aromatic carbocycles. The van der Waals surface area contributed by atoms with Crippen LogP contribution in [0.2, 0.25) is 0 Å². The predicted molar refractivity (Wildman–Crippen MR) is 159 cm³/mol. The maximum atomic E-state index is 13.6. The number of likely N-dealkylation sites (tertiary alicyclic amines) is 1. The summed E-state index contributed by atoms with van der Waals surface area (Å²) in [5, 5.41) is 20.0. The molecule has 1 fully saturated rings. The lowest BCUT2D eigenvalue weighted by Crippen LogP contribution is -2.31. The second-order valence-corrected chi connectivity index (χ2v) is 11.9. The first kappa shape index (κ1) is 30.6. The molecule has 1 unspecified atom stereocenters. The molecule has 1 aliphatic heterocycles. The molecule has 1 heterocycles. The summed E-state index contributed by atoms with van der Waals surface area (Å²) in [7, 11) is 1.65. The number of hydrogen-bond donors (Lipinski definition) is 2. The third-order valence-electron chi connectivity index (χ3n) is 6.94. The van der Waals surface area contributed by atoms with E-state index >= 15 is 0 Å². The van der Waals surface area contributed by atoms with E-state index in [1.54, 1.807) is 7.11 Å². The summed E-state index contributed by atoms with van der Waals surface area (Å²) in [5.41, 5.74) is 3.41. The number of carbonyl (C=O) groups excluding carboxylic acids is 1. The SMILES string of the molecule is Br.CCCC1CN(CC(=O)c2cc(C(C)(C)C)c(O)c(C(C)(C)C)c2)C(=N)/C1=C/c1ccccc1OC. The molecule has 3 rings (SSSR count). The molecule has 37 heavy (non-hydrogen) atoms. The van der Waals surface area contributed by atoms with Crippen LogP contribution < -0.4 is 4.74 Å². The lowest BCUT2D eigenvalue weighted by atomic mass is 9.78. The Morgan fingerprint density at radius 1 is 1.11 bits per heavy atom. The van der Waals surface area contributed by atoms with Gasteiger partial charge in [-0.2, -0.15) is 0 Å². The van der Waals surface area contributed by atoms with Crippen LogP contribution in [-0.4, -0.2) is 41.8 Å². The number of benzene rings is 2. The first-order valence-electron chi connectivity index (χ1n) is 12.9. The number of rotatable bonds is 7. The number of amidine groups is 1. The van der Waals surface area contributed by atoms with Gasteiger partial charge in [0.15, 0.2) is 5.78 Å². The van der Waals surface area contributed by atoms with Gasteiger partial charge < -0.3 is 14.7 Å². The van der Waals surface area contributed by atoms with Crippen LogP contribution in [-0.2, 0) is 10.8 Å². The first-order valence-corrected chi connectivity index (χ1v) is 12.9. The average molecular weight is 572 g/mol. The molecule has 0 aliphatic carbocycles. The minimum atomic E-state index is -0.308. The van der Waals surface area contributed by atoms with Gasteiger partial charge in [0.2, 0.25) is 0 Å². The van der Waals surface area contributed by atoms with Crippen LogP contribution in [0.5, 0.6) is 11.5 Å². The van der Waals surface area contributed by atoms with Crippen molar-refractivity contribution in [1.82, 2.24) is 4.90 Å². The van der Waals surface area contributed by atoms with Crippen LogP contribution in [0.4, 0.5) is 0 Å². The highest BCUT2D eigenvalue weighted by molar-refractivity contribution is 8.93. The maximum absolute atomic E-state index is 13.6. The second-order valence-electron chi connectivity index (χ2n) is 11.9. The zero-order valence-electron chi connectivity index (χ0n) is 23.6. The van der Waals surface area contributed by atoms with Gasteiger partial charge in [0.1, 0.15) is 17.3 Å². The molecular formula is C31H43BrN2O3. The van der Waals surface area contributed by atoms with E-state index < -0.39 is 0 Å². The fraction of sp³-hybridized carbons (Fsp3) is 0.484. The number of carbonyl (C=O) groups is 1. The van der Waals surface area contributed by atoms with E-state index in [9.17, 15) is 9.90 Å². The lowest BCUT2D eigenvalue weighted by Gasteiger charge is -2.28. The van der Waals surface area contributed by atoms with E-state index in [1.165, 1.54) is 0 Å². The van der Waals surface area contributed by atoms with Crippen molar-refractivity contribution in [2.24, 2.45) is 5.92 Å². The second kappa shape index (κ2) is 11.8. The van der Waals surface area contributed by atoms with Gasteiger partial charge in [-0.3, -0.25) is 10.2 Å². The van der Waals surface area contributed by atoms with Crippen molar-refractivity contribution in [1.29, 1.82) is 5.41 Å². The summed E-state index contributed by atoms with van der Waals surface area (Å²) in [6.07, 6.45) is 4.00. The number of para-hydroxylation sites is 1. The highest BCUT2D eigenvalue weighted by Gasteiger charge is 2.34. The van der Waals surface area contributed by atoms with Crippen LogP contribution in [0.15, 0.2) is 42.0 Å². The number of aromatic hydroxyl groups is 1. The van der Waals surface area contributed by atoms with Crippen molar-refractivity contribution in [3.8, 4) is 11.5 Å². The van der Waals surface area contributed by atoms with Crippen LogP contribution in [0, 0.1) is 11.3 Å². The summed E-state index contributed by atoms with van der Waals surface area (Å²) < 4.78 is 5.52. The molecule has 2 N–H and O–H groups in total. The van der Waals surface area contributed by atoms with E-state index in [0.29, 0.717) is 17.9 Å². The summed E-state index contributed by atoms with van der Waals surface area (Å²) in [6.45, 7) is 15.2. The van der Waals surface area contributed by atoms with E-state index in [4.69, 9.17) is 10.1 Å². The summed E-state index contributed by atoms with van der Waals surface area (Å²) in [4.78, 5) is 15.5. The van der Waals surface area contributed by atoms with Crippen LogP contribution in [0.25, 0.3) is 6.08 Å². The molecule has 5 nitrogen and oxygen atoms in total. The number of ketones is 1. The highest BCUT2D eigenvalue weighted by atomic mass is 79.9. The topological polar surface area (TPSA) is 73.6 Å². The molecule has 1 saturated heterocycles. The molecule has 0 saturated carbocycles. The number of phenolic OH excluding ortho intramolecular Hbond substituents is 1. The number of nitrogens with zero attached hydrogens (tertiary/aromatic N) is 1. The molecule has 6 heteroatoms. The number of phenols is 1. The fourth-order valence-electron chi connectivity index (χ4n) is 4.91. The van der Waals surface area contributed by atoms with Crippen molar-refractivity contribution < 1.29 is 14.6 Å². The smallest absolute Gasteiger partial charge is 0.182 e. The van der Waals surface area contributed by atoms with Crippen molar-refractivity contribution in [3.05, 3.63) is 64.2 Å². The molecule has 0 spiro atoms. The van der Waals surface area contributed by atoms with Gasteiger partial charge in [-0.15, -0.1) is 17.0 Å². The molecule has 0 amide bonds. The number of Topliss-reactive ketones (excluding diaryl/α,β-unsaturated/α-hetero) is 1. The Kier molecular flexibility index (Phi) is 9.81. The monoisotopic (exact) mass is 570 g/mol. The highest BCUT2D eigenvalue weighted by Crippen LogP contribution is 2.40. The third-order valence-corrected chi connectivity index (χ3v) is 6.94. The van der Waals surface area contributed by atoms with Gasteiger partial charge in [-0.1, -0.05) is 73.1 Å². The van der Waals surface area contributed by atoms with E-state index in [0.717, 1.165) is 40.9 Å². The van der Waals surface area contributed by atoms with Gasteiger partial charge in [0, 0.05) is 34.7 Å². The Morgan fingerprint density at radius 3 is 2.19 bits per heavy atom. The average Bonchev–Trinajstić information content (AvgIpc) is 3.07. The number of methoxy groups -OCH3 is 1. The molecule has 0 bridgehead atoms. The van der Waals surface area contributed by atoms with E-state index in [1.807, 2.05) is 88.9 Å². The fourth-order valence-corrected chi connectivity index (χ4v) is 4.91. The van der Waals surface area contributed by atoms with E-state index in [-0.39, 0.29) is 51.8 Å². The zero-order chi connectivity index (χ0) is 26.8. The summed E-state index contributed by atoms with van der Waals surface area (Å²) >= 11 is 0. The molecular weight excluding hydrogens is 528 g/mol. The Bertz CT molecular complexity index is 1140. The number of nitrogens with one attached hydrogen (secondary N) is 1. The third kappa shape index (κ3) is 6.84. The standard InChI is InChI=1S/C31H42N2O3.BrH/c1-9-12-21-18-33(29(32)23(21)15-20-13-10-11-14-27(20)36-8)19-26(34)22-16-24(30(2,3)4)28(35)25(17-22)31(5,6)7;/h10-11,13-17,21,32,35H,9,12,18-19H2,1-8H3;1H/b23-15+,32-29?;. The molecule has 1 aliphatic rings. The molecule has 2 aromatic rings. The van der Waals surface area contributed by atoms with Gasteiger partial charge in [0.25, 0.3) is 0 Å². The van der Waals surface area contributed by atoms with Crippen molar-refractivity contribution in [2.45, 2.75) is 72.1 Å². The Hall–Kier alpha value is -2.60. The van der Waals surface area contributed by atoms with Crippen LogP contribution in [0.3, 0.4) is 0 Å². The largest absolute Gasteiger partial charge is 0.507 e. The van der Waals surface area contributed by atoms with Gasteiger partial charge >= 0.3 is 0 Å². The Morgan fingerprint density at radius 2 is 1.68 bits per heavy atom. The predicted octanol–water partition coefficient (Wildman–Crippen LogP) is 7.55. The van der Waals surface area contributed by atoms with Gasteiger partial charge in [-0.25, -0.2) is 0 Å². The van der Waals surface area contributed by atoms with Gasteiger partial charge in [-0.05, 0) is 47.1 Å². The molecule has 0 aromatic heterocycles. The Labute approximate surface area is 233 Å². The van der Waals surface area contributed by atoms with E-state index in [2.05, 4.69) is 6.92 Å². The molecule has 202 valence electrons. The minimum Gasteiger partial charge on any atom is -0.507 e. The molecule has 0 radical (unpaired) electrons. The minimum absolute atomic E-state index is 0. The van der Waals surface area contributed by atoms with Crippen LogP contribution >= 0.6 is 17.0 Å². The van der Waals surface area contributed by atoms with Crippen molar-refractivity contribution in [3.63, 3.8) is 0 Å². The lowest BCUT2D eigenvalue weighted by molar-refractivity contribution is 0.0963. The Balaban J connectivity index is 0.00000481.